The molecule has 1 aromatic heterocycles. The van der Waals surface area contributed by atoms with E-state index in [0.29, 0.717) is 33.8 Å². The Labute approximate surface area is 214 Å². The van der Waals surface area contributed by atoms with Gasteiger partial charge in [0.25, 0.3) is 5.56 Å². The quantitative estimate of drug-likeness (QED) is 0.410. The van der Waals surface area contributed by atoms with Crippen molar-refractivity contribution in [3.05, 3.63) is 90.6 Å². The molecule has 7 nitrogen and oxygen atoms in total. The molecule has 8 heteroatoms. The molecule has 0 aliphatic carbocycles. The van der Waals surface area contributed by atoms with E-state index in [9.17, 15) is 9.59 Å². The standard InChI is InChI=1S/C28H30N2O5S/c1-5-16-35-22-11-9-8-10-20(22)17-23-26(31)30-25(19-12-14-21(15-13-19)33-6-2)24(27(32)34-7-3)18(4)29-28(30)36-23/h8-15,17,25H,5-7,16H2,1-4H3/b23-17-/t25-/m1/s1. The van der Waals surface area contributed by atoms with E-state index in [-0.39, 0.29) is 12.2 Å². The molecule has 0 amide bonds. The summed E-state index contributed by atoms with van der Waals surface area (Å²) in [6, 6.07) is 14.4. The van der Waals surface area contributed by atoms with Crippen molar-refractivity contribution in [1.82, 2.24) is 4.57 Å². The van der Waals surface area contributed by atoms with Crippen molar-refractivity contribution in [2.24, 2.45) is 4.99 Å². The van der Waals surface area contributed by atoms with Crippen LogP contribution < -0.4 is 24.4 Å². The Bertz CT molecular complexity index is 1450. The molecule has 4 rings (SSSR count). The number of carbonyl (C=O) groups is 1. The fourth-order valence-electron chi connectivity index (χ4n) is 4.10. The predicted octanol–water partition coefficient (Wildman–Crippen LogP) is 3.99. The molecule has 1 aliphatic heterocycles. The van der Waals surface area contributed by atoms with Gasteiger partial charge < -0.3 is 14.2 Å². The molecule has 1 atom stereocenters. The third-order valence-corrected chi connectivity index (χ3v) is 6.67. The number of hydrogen-bond acceptors (Lipinski definition) is 7. The van der Waals surface area contributed by atoms with E-state index in [1.165, 1.54) is 11.3 Å². The molecule has 1 aliphatic rings. The highest BCUT2D eigenvalue weighted by molar-refractivity contribution is 7.07. The third-order valence-electron chi connectivity index (χ3n) is 5.69. The van der Waals surface area contributed by atoms with Gasteiger partial charge in [0.2, 0.25) is 0 Å². The zero-order chi connectivity index (χ0) is 25.7. The van der Waals surface area contributed by atoms with Crippen molar-refractivity contribution in [2.75, 3.05) is 19.8 Å². The van der Waals surface area contributed by atoms with E-state index in [2.05, 4.69) is 4.99 Å². The summed E-state index contributed by atoms with van der Waals surface area (Å²) in [7, 11) is 0. The van der Waals surface area contributed by atoms with Gasteiger partial charge >= 0.3 is 5.97 Å². The average molecular weight is 507 g/mol. The lowest BCUT2D eigenvalue weighted by Gasteiger charge is -2.24. The second-order valence-electron chi connectivity index (χ2n) is 8.19. The van der Waals surface area contributed by atoms with E-state index in [0.717, 1.165) is 29.0 Å². The van der Waals surface area contributed by atoms with E-state index in [1.807, 2.05) is 68.5 Å². The van der Waals surface area contributed by atoms with Crippen LogP contribution in [-0.2, 0) is 9.53 Å². The zero-order valence-electron chi connectivity index (χ0n) is 20.9. The largest absolute Gasteiger partial charge is 0.494 e. The third kappa shape index (κ3) is 5.14. The van der Waals surface area contributed by atoms with Crippen LogP contribution in [0.5, 0.6) is 11.5 Å². The van der Waals surface area contributed by atoms with Gasteiger partial charge in [-0.3, -0.25) is 9.36 Å². The van der Waals surface area contributed by atoms with Crippen LogP contribution in [0.1, 0.15) is 51.3 Å². The summed E-state index contributed by atoms with van der Waals surface area (Å²) in [5.74, 6) is 0.956. The van der Waals surface area contributed by atoms with Gasteiger partial charge in [-0.1, -0.05) is 48.6 Å². The molecule has 0 spiro atoms. The molecule has 0 unspecified atom stereocenters. The first kappa shape index (κ1) is 25.4. The van der Waals surface area contributed by atoms with Crippen LogP contribution in [0.4, 0.5) is 0 Å². The van der Waals surface area contributed by atoms with Crippen LogP contribution in [0, 0.1) is 0 Å². The highest BCUT2D eigenvalue weighted by Crippen LogP contribution is 2.31. The Hall–Kier alpha value is -3.65. The first-order chi connectivity index (χ1) is 17.5. The molecular formula is C28H30N2O5S. The highest BCUT2D eigenvalue weighted by atomic mass is 32.1. The number of para-hydroxylation sites is 1. The Morgan fingerprint density at radius 1 is 1.06 bits per heavy atom. The lowest BCUT2D eigenvalue weighted by Crippen LogP contribution is -2.39. The van der Waals surface area contributed by atoms with Crippen LogP contribution in [0.25, 0.3) is 6.08 Å². The maximum Gasteiger partial charge on any atom is 0.338 e. The molecule has 36 heavy (non-hydrogen) atoms. The van der Waals surface area contributed by atoms with Gasteiger partial charge in [-0.25, -0.2) is 9.79 Å². The Balaban J connectivity index is 1.89. The molecular weight excluding hydrogens is 476 g/mol. The number of allylic oxidation sites excluding steroid dienone is 1. The maximum atomic E-state index is 13.8. The van der Waals surface area contributed by atoms with E-state index in [4.69, 9.17) is 14.2 Å². The van der Waals surface area contributed by atoms with Gasteiger partial charge in [-0.05, 0) is 57.0 Å². The summed E-state index contributed by atoms with van der Waals surface area (Å²) in [5, 5.41) is 0. The molecule has 2 aromatic carbocycles. The fourth-order valence-corrected chi connectivity index (χ4v) is 5.14. The molecule has 0 saturated carbocycles. The number of aromatic nitrogens is 1. The molecule has 0 radical (unpaired) electrons. The van der Waals surface area contributed by atoms with Crippen LogP contribution in [0.15, 0.2) is 69.6 Å². The van der Waals surface area contributed by atoms with Crippen LogP contribution in [-0.4, -0.2) is 30.4 Å². The van der Waals surface area contributed by atoms with Gasteiger partial charge in [-0.15, -0.1) is 0 Å². The predicted molar refractivity (Wildman–Crippen MR) is 140 cm³/mol. The number of carbonyl (C=O) groups excluding carboxylic acids is 1. The number of benzene rings is 2. The lowest BCUT2D eigenvalue weighted by atomic mass is 9.96. The summed E-state index contributed by atoms with van der Waals surface area (Å²) in [4.78, 5) is 32.0. The Morgan fingerprint density at radius 3 is 2.50 bits per heavy atom. The van der Waals surface area contributed by atoms with Crippen molar-refractivity contribution in [1.29, 1.82) is 0 Å². The molecule has 0 fully saturated rings. The summed E-state index contributed by atoms with van der Waals surface area (Å²) in [5.41, 5.74) is 2.25. The fraction of sp³-hybridized carbons (Fsp3) is 0.321. The van der Waals surface area contributed by atoms with Crippen molar-refractivity contribution < 1.29 is 19.0 Å². The zero-order valence-corrected chi connectivity index (χ0v) is 21.8. The average Bonchev–Trinajstić information content (AvgIpc) is 3.17. The van der Waals surface area contributed by atoms with Crippen molar-refractivity contribution in [3.63, 3.8) is 0 Å². The van der Waals surface area contributed by atoms with E-state index >= 15 is 0 Å². The summed E-state index contributed by atoms with van der Waals surface area (Å²) >= 11 is 1.29. The van der Waals surface area contributed by atoms with Gasteiger partial charge in [0.15, 0.2) is 4.80 Å². The topological polar surface area (TPSA) is 79.1 Å². The van der Waals surface area contributed by atoms with E-state index < -0.39 is 12.0 Å². The molecule has 0 bridgehead atoms. The summed E-state index contributed by atoms with van der Waals surface area (Å²) in [6.45, 7) is 8.86. The number of ether oxygens (including phenoxy) is 3. The number of rotatable bonds is 9. The molecule has 188 valence electrons. The van der Waals surface area contributed by atoms with Crippen LogP contribution >= 0.6 is 11.3 Å². The molecule has 2 heterocycles. The Morgan fingerprint density at radius 2 is 1.81 bits per heavy atom. The number of nitrogens with zero attached hydrogens (tertiary/aromatic N) is 2. The lowest BCUT2D eigenvalue weighted by molar-refractivity contribution is -0.139. The van der Waals surface area contributed by atoms with Gasteiger partial charge in [0.05, 0.1) is 41.7 Å². The van der Waals surface area contributed by atoms with E-state index in [1.54, 1.807) is 18.4 Å². The minimum atomic E-state index is -0.662. The smallest absolute Gasteiger partial charge is 0.338 e. The van der Waals surface area contributed by atoms with Gasteiger partial charge in [0.1, 0.15) is 11.5 Å². The van der Waals surface area contributed by atoms with Gasteiger partial charge in [-0.2, -0.15) is 0 Å². The SMILES string of the molecule is CCCOc1ccccc1/C=c1\sc2n(c1=O)[C@H](c1ccc(OCC)cc1)C(C(=O)OCC)=C(C)N=2. The number of esters is 1. The van der Waals surface area contributed by atoms with Crippen molar-refractivity contribution in [3.8, 4) is 11.5 Å². The van der Waals surface area contributed by atoms with Crippen molar-refractivity contribution >= 4 is 23.4 Å². The maximum absolute atomic E-state index is 13.8. The first-order valence-corrected chi connectivity index (χ1v) is 12.9. The summed E-state index contributed by atoms with van der Waals surface area (Å²) in [6.07, 6.45) is 2.71. The highest BCUT2D eigenvalue weighted by Gasteiger charge is 2.33. The van der Waals surface area contributed by atoms with Crippen LogP contribution in [0.2, 0.25) is 0 Å². The molecule has 3 aromatic rings. The number of thiazole rings is 1. The minimum absolute atomic E-state index is 0.225. The Kier molecular flexibility index (Phi) is 8.05. The second kappa shape index (κ2) is 11.4. The first-order valence-electron chi connectivity index (χ1n) is 12.1. The number of hydrogen-bond donors (Lipinski definition) is 0. The number of fused-ring (bicyclic) bond motifs is 1. The minimum Gasteiger partial charge on any atom is -0.494 e. The second-order valence-corrected chi connectivity index (χ2v) is 9.20. The molecule has 0 N–H and O–H groups in total. The van der Waals surface area contributed by atoms with Crippen LogP contribution in [0.3, 0.4) is 0 Å². The monoisotopic (exact) mass is 506 g/mol. The van der Waals surface area contributed by atoms with Crippen molar-refractivity contribution in [2.45, 2.75) is 40.2 Å². The molecule has 0 saturated heterocycles. The summed E-state index contributed by atoms with van der Waals surface area (Å²) < 4.78 is 18.9. The van der Waals surface area contributed by atoms with Gasteiger partial charge in [0, 0.05) is 5.56 Å². The normalized spacial score (nSPS) is 15.3.